The van der Waals surface area contributed by atoms with E-state index in [1.54, 1.807) is 11.3 Å². The van der Waals surface area contributed by atoms with Crippen LogP contribution < -0.4 is 4.90 Å². The van der Waals surface area contributed by atoms with E-state index in [4.69, 9.17) is 9.72 Å². The molecular weight excluding hydrogens is 522 g/mol. The van der Waals surface area contributed by atoms with Crippen molar-refractivity contribution < 1.29 is 9.53 Å². The van der Waals surface area contributed by atoms with Gasteiger partial charge in [-0.25, -0.2) is 4.98 Å². The third kappa shape index (κ3) is 5.98. The summed E-state index contributed by atoms with van der Waals surface area (Å²) in [6.07, 6.45) is 0.386. The summed E-state index contributed by atoms with van der Waals surface area (Å²) in [5, 5.41) is 0.760. The number of aromatic nitrogens is 1. The second-order valence-corrected chi connectivity index (χ2v) is 10.6. The molecular formula is C28H28BrN3O2S. The summed E-state index contributed by atoms with van der Waals surface area (Å²) in [5.74, 6) is 0.0772. The number of nitrogens with zero attached hydrogens (tertiary/aromatic N) is 3. The number of anilines is 1. The number of carbonyl (C=O) groups is 1. The first-order valence-electron chi connectivity index (χ1n) is 11.9. The molecule has 1 aromatic heterocycles. The van der Waals surface area contributed by atoms with Crippen LogP contribution in [0.5, 0.6) is 0 Å². The lowest BCUT2D eigenvalue weighted by Gasteiger charge is -2.30. The molecule has 2 heterocycles. The van der Waals surface area contributed by atoms with Crippen LogP contribution in [0.25, 0.3) is 10.2 Å². The lowest BCUT2D eigenvalue weighted by molar-refractivity contribution is -0.118. The second kappa shape index (κ2) is 11.4. The average molecular weight is 551 g/mol. The van der Waals surface area contributed by atoms with Gasteiger partial charge >= 0.3 is 0 Å². The maximum atomic E-state index is 14.0. The van der Waals surface area contributed by atoms with E-state index in [1.165, 1.54) is 0 Å². The number of carbonyl (C=O) groups excluding carboxylic acids is 1. The molecule has 0 atom stereocenters. The Morgan fingerprint density at radius 3 is 2.31 bits per heavy atom. The summed E-state index contributed by atoms with van der Waals surface area (Å²) < 4.78 is 7.59. The fraction of sp³-hybridized carbons (Fsp3) is 0.286. The first-order valence-corrected chi connectivity index (χ1v) is 13.5. The van der Waals surface area contributed by atoms with Gasteiger partial charge in [-0.2, -0.15) is 0 Å². The standard InChI is InChI=1S/C28H28BrN3O2S/c29-23-11-12-25-26(19-23)35-28(30-25)32(14-13-31-15-17-34-18-16-31)27(33)20-24(21-7-3-1-4-8-21)22-9-5-2-6-10-22/h1-12,19,24H,13-18,20H2. The number of halogens is 1. The van der Waals surface area contributed by atoms with Crippen molar-refractivity contribution in [2.24, 2.45) is 0 Å². The van der Waals surface area contributed by atoms with Gasteiger partial charge in [-0.3, -0.25) is 14.6 Å². The highest BCUT2D eigenvalue weighted by molar-refractivity contribution is 9.10. The number of thiazole rings is 1. The maximum absolute atomic E-state index is 14.0. The molecule has 35 heavy (non-hydrogen) atoms. The van der Waals surface area contributed by atoms with Crippen molar-refractivity contribution in [3.63, 3.8) is 0 Å². The highest BCUT2D eigenvalue weighted by Crippen LogP contribution is 2.34. The van der Waals surface area contributed by atoms with Crippen molar-refractivity contribution in [2.45, 2.75) is 12.3 Å². The zero-order valence-corrected chi connectivity index (χ0v) is 21.9. The van der Waals surface area contributed by atoms with E-state index >= 15 is 0 Å². The minimum Gasteiger partial charge on any atom is -0.379 e. The maximum Gasteiger partial charge on any atom is 0.229 e. The van der Waals surface area contributed by atoms with Crippen molar-refractivity contribution in [2.75, 3.05) is 44.3 Å². The van der Waals surface area contributed by atoms with E-state index in [9.17, 15) is 4.79 Å². The molecule has 1 fully saturated rings. The Labute approximate surface area is 218 Å². The van der Waals surface area contributed by atoms with Crippen LogP contribution in [0, 0.1) is 0 Å². The Kier molecular flexibility index (Phi) is 7.88. The lowest BCUT2D eigenvalue weighted by atomic mass is 9.88. The van der Waals surface area contributed by atoms with Gasteiger partial charge in [-0.05, 0) is 29.3 Å². The highest BCUT2D eigenvalue weighted by Gasteiger charge is 2.26. The highest BCUT2D eigenvalue weighted by atomic mass is 79.9. The molecule has 4 aromatic rings. The predicted octanol–water partition coefficient (Wildman–Crippen LogP) is 5.95. The van der Waals surface area contributed by atoms with Crippen LogP contribution in [0.3, 0.4) is 0 Å². The SMILES string of the molecule is O=C(CC(c1ccccc1)c1ccccc1)N(CCN1CCOCC1)c1nc2ccc(Br)cc2s1. The van der Waals surface area contributed by atoms with Gasteiger partial charge in [0.2, 0.25) is 5.91 Å². The van der Waals surface area contributed by atoms with Gasteiger partial charge < -0.3 is 4.74 Å². The molecule has 0 unspecified atom stereocenters. The molecule has 0 radical (unpaired) electrons. The van der Waals surface area contributed by atoms with Crippen LogP contribution >= 0.6 is 27.3 Å². The predicted molar refractivity (Wildman–Crippen MR) is 146 cm³/mol. The molecule has 0 aliphatic carbocycles. The Morgan fingerprint density at radius 1 is 1.00 bits per heavy atom. The average Bonchev–Trinajstić information content (AvgIpc) is 3.32. The molecule has 1 aliphatic rings. The number of morpholine rings is 1. The molecule has 0 spiro atoms. The molecule has 0 N–H and O–H groups in total. The van der Waals surface area contributed by atoms with Crippen molar-refractivity contribution in [1.82, 2.24) is 9.88 Å². The summed E-state index contributed by atoms with van der Waals surface area (Å²) in [5.41, 5.74) is 3.21. The van der Waals surface area contributed by atoms with Crippen molar-refractivity contribution in [3.05, 3.63) is 94.5 Å². The van der Waals surface area contributed by atoms with E-state index in [1.807, 2.05) is 53.4 Å². The largest absolute Gasteiger partial charge is 0.379 e. The molecule has 0 saturated carbocycles. The van der Waals surface area contributed by atoms with Gasteiger partial charge in [0, 0.05) is 43.0 Å². The fourth-order valence-electron chi connectivity index (χ4n) is 4.48. The minimum absolute atomic E-state index is 0.0145. The number of amides is 1. The van der Waals surface area contributed by atoms with Crippen LogP contribution in [0.4, 0.5) is 5.13 Å². The van der Waals surface area contributed by atoms with E-state index in [2.05, 4.69) is 51.2 Å². The smallest absolute Gasteiger partial charge is 0.229 e. The number of hydrogen-bond donors (Lipinski definition) is 0. The normalized spacial score (nSPS) is 14.5. The molecule has 5 rings (SSSR count). The van der Waals surface area contributed by atoms with Crippen LogP contribution in [-0.4, -0.2) is 55.2 Å². The third-order valence-electron chi connectivity index (χ3n) is 6.40. The van der Waals surface area contributed by atoms with Crippen LogP contribution in [-0.2, 0) is 9.53 Å². The monoisotopic (exact) mass is 549 g/mol. The number of ether oxygens (including phenoxy) is 1. The molecule has 1 aliphatic heterocycles. The van der Waals surface area contributed by atoms with Gasteiger partial charge in [0.25, 0.3) is 0 Å². The Balaban J connectivity index is 1.44. The van der Waals surface area contributed by atoms with Crippen LogP contribution in [0.2, 0.25) is 0 Å². The third-order valence-corrected chi connectivity index (χ3v) is 7.93. The van der Waals surface area contributed by atoms with Crippen molar-refractivity contribution in [1.29, 1.82) is 0 Å². The van der Waals surface area contributed by atoms with E-state index in [-0.39, 0.29) is 11.8 Å². The molecule has 180 valence electrons. The summed E-state index contributed by atoms with van der Waals surface area (Å²) in [4.78, 5) is 23.1. The first kappa shape index (κ1) is 24.1. The number of benzene rings is 3. The molecule has 3 aromatic carbocycles. The molecule has 0 bridgehead atoms. The fourth-order valence-corrected chi connectivity index (χ4v) is 6.04. The van der Waals surface area contributed by atoms with Crippen molar-refractivity contribution in [3.8, 4) is 0 Å². The molecule has 5 nitrogen and oxygen atoms in total. The number of rotatable bonds is 8. The summed E-state index contributed by atoms with van der Waals surface area (Å²) in [6.45, 7) is 4.68. The van der Waals surface area contributed by atoms with Gasteiger partial charge in [0.15, 0.2) is 5.13 Å². The van der Waals surface area contributed by atoms with Gasteiger partial charge in [0.05, 0.1) is 23.4 Å². The Hall–Kier alpha value is -2.58. The zero-order valence-electron chi connectivity index (χ0n) is 19.5. The quantitative estimate of drug-likeness (QED) is 0.272. The van der Waals surface area contributed by atoms with E-state index in [0.717, 1.165) is 63.8 Å². The van der Waals surface area contributed by atoms with E-state index < -0.39 is 0 Å². The second-order valence-electron chi connectivity index (χ2n) is 8.69. The van der Waals surface area contributed by atoms with Gasteiger partial charge in [0.1, 0.15) is 0 Å². The summed E-state index contributed by atoms with van der Waals surface area (Å²) >= 11 is 5.13. The topological polar surface area (TPSA) is 45.7 Å². The minimum atomic E-state index is -0.0145. The molecule has 1 amide bonds. The first-order chi connectivity index (χ1) is 17.2. The van der Waals surface area contributed by atoms with Gasteiger partial charge in [-0.1, -0.05) is 87.9 Å². The zero-order chi connectivity index (χ0) is 24.0. The lowest BCUT2D eigenvalue weighted by Crippen LogP contribution is -2.43. The van der Waals surface area contributed by atoms with Crippen LogP contribution in [0.1, 0.15) is 23.5 Å². The van der Waals surface area contributed by atoms with Crippen molar-refractivity contribution >= 4 is 48.5 Å². The Bertz CT molecular complexity index is 1220. The summed E-state index contributed by atoms with van der Waals surface area (Å²) in [7, 11) is 0. The number of fused-ring (bicyclic) bond motifs is 1. The van der Waals surface area contributed by atoms with Gasteiger partial charge in [-0.15, -0.1) is 0 Å². The summed E-state index contributed by atoms with van der Waals surface area (Å²) in [6, 6.07) is 26.7. The van der Waals surface area contributed by atoms with Crippen LogP contribution in [0.15, 0.2) is 83.3 Å². The molecule has 7 heteroatoms. The Morgan fingerprint density at radius 2 is 1.66 bits per heavy atom. The number of hydrogen-bond acceptors (Lipinski definition) is 5. The molecule has 1 saturated heterocycles. The van der Waals surface area contributed by atoms with E-state index in [0.29, 0.717) is 13.0 Å².